The average Bonchev–Trinajstić information content (AvgIpc) is 2.82. The zero-order valence-electron chi connectivity index (χ0n) is 11.9. The van der Waals surface area contributed by atoms with Crippen LogP contribution < -0.4 is 5.32 Å². The molecule has 0 unspecified atom stereocenters. The first-order valence-electron chi connectivity index (χ1n) is 6.69. The largest absolute Gasteiger partial charge is 0.306 e. The Hall–Kier alpha value is -1.68. The Bertz CT molecular complexity index is 502. The third-order valence-corrected chi connectivity index (χ3v) is 3.28. The Morgan fingerprint density at radius 2 is 1.95 bits per heavy atom. The molecule has 0 fully saturated rings. The summed E-state index contributed by atoms with van der Waals surface area (Å²) in [7, 11) is 1.89. The van der Waals surface area contributed by atoms with Crippen LogP contribution in [0.1, 0.15) is 31.5 Å². The van der Waals surface area contributed by atoms with Crippen LogP contribution in [-0.2, 0) is 20.0 Å². The Kier molecular flexibility index (Phi) is 4.32. The van der Waals surface area contributed by atoms with Crippen molar-refractivity contribution in [1.29, 1.82) is 0 Å². The second kappa shape index (κ2) is 5.97. The van der Waals surface area contributed by atoms with Crippen LogP contribution in [0.5, 0.6) is 0 Å². The second-order valence-electron chi connectivity index (χ2n) is 5.61. The van der Waals surface area contributed by atoms with E-state index >= 15 is 0 Å². The molecule has 4 nitrogen and oxygen atoms in total. The van der Waals surface area contributed by atoms with E-state index in [-0.39, 0.29) is 5.54 Å². The molecular formula is C15H22N4. The fourth-order valence-corrected chi connectivity index (χ4v) is 2.00. The third-order valence-electron chi connectivity index (χ3n) is 3.28. The molecule has 0 bridgehead atoms. The van der Waals surface area contributed by atoms with Gasteiger partial charge in [-0.15, -0.1) is 5.10 Å². The normalized spacial score (nSPS) is 11.7. The lowest BCUT2D eigenvalue weighted by Crippen LogP contribution is -2.39. The number of aromatic nitrogens is 3. The van der Waals surface area contributed by atoms with Gasteiger partial charge in [0, 0.05) is 25.3 Å². The summed E-state index contributed by atoms with van der Waals surface area (Å²) in [6.07, 6.45) is 4.12. The first-order chi connectivity index (χ1) is 9.05. The predicted octanol–water partition coefficient (Wildman–Crippen LogP) is 2.32. The maximum atomic E-state index is 4.09. The monoisotopic (exact) mass is 258 g/mol. The number of aryl methyl sites for hydroxylation is 2. The summed E-state index contributed by atoms with van der Waals surface area (Å²) in [5.74, 6) is 0. The summed E-state index contributed by atoms with van der Waals surface area (Å²) in [5, 5.41) is 11.6. The molecule has 1 aromatic carbocycles. The lowest BCUT2D eigenvalue weighted by Gasteiger charge is -2.26. The Morgan fingerprint density at radius 3 is 2.58 bits per heavy atom. The van der Waals surface area contributed by atoms with Crippen molar-refractivity contribution in [2.75, 3.05) is 0 Å². The first-order valence-corrected chi connectivity index (χ1v) is 6.69. The highest BCUT2D eigenvalue weighted by molar-refractivity contribution is 5.15. The van der Waals surface area contributed by atoms with Gasteiger partial charge in [-0.3, -0.25) is 4.68 Å². The lowest BCUT2D eigenvalue weighted by atomic mass is 9.95. The van der Waals surface area contributed by atoms with E-state index in [1.165, 1.54) is 5.56 Å². The van der Waals surface area contributed by atoms with Crippen LogP contribution in [0.25, 0.3) is 0 Å². The van der Waals surface area contributed by atoms with Gasteiger partial charge in [0.15, 0.2) is 0 Å². The summed E-state index contributed by atoms with van der Waals surface area (Å²) in [5.41, 5.74) is 2.46. The van der Waals surface area contributed by atoms with Gasteiger partial charge in [0.25, 0.3) is 0 Å². The van der Waals surface area contributed by atoms with Gasteiger partial charge in [0.1, 0.15) is 0 Å². The van der Waals surface area contributed by atoms with E-state index in [0.29, 0.717) is 0 Å². The number of hydrogen-bond donors (Lipinski definition) is 1. The summed E-state index contributed by atoms with van der Waals surface area (Å²) in [6, 6.07) is 10.6. The number of hydrogen-bond acceptors (Lipinski definition) is 3. The highest BCUT2D eigenvalue weighted by atomic mass is 15.4. The maximum Gasteiger partial charge on any atom is 0.0964 e. The van der Waals surface area contributed by atoms with Crippen molar-refractivity contribution in [2.24, 2.45) is 7.05 Å². The van der Waals surface area contributed by atoms with Gasteiger partial charge in [0.05, 0.1) is 5.69 Å². The van der Waals surface area contributed by atoms with Crippen LogP contribution in [0.15, 0.2) is 36.5 Å². The number of rotatable bonds is 6. The highest BCUT2D eigenvalue weighted by Gasteiger charge is 2.17. The van der Waals surface area contributed by atoms with Crippen molar-refractivity contribution in [3.63, 3.8) is 0 Å². The highest BCUT2D eigenvalue weighted by Crippen LogP contribution is 2.14. The minimum absolute atomic E-state index is 0.0906. The Labute approximate surface area is 114 Å². The van der Waals surface area contributed by atoms with Crippen LogP contribution in [-0.4, -0.2) is 20.5 Å². The number of benzene rings is 1. The van der Waals surface area contributed by atoms with Crippen LogP contribution in [0, 0.1) is 0 Å². The van der Waals surface area contributed by atoms with Gasteiger partial charge in [-0.05, 0) is 32.3 Å². The van der Waals surface area contributed by atoms with Gasteiger partial charge >= 0.3 is 0 Å². The SMILES string of the molecule is Cn1cc(CNC(C)(C)CCc2ccccc2)nn1. The molecular weight excluding hydrogens is 236 g/mol. The van der Waals surface area contributed by atoms with Crippen LogP contribution in [0.2, 0.25) is 0 Å². The molecule has 2 rings (SSSR count). The zero-order chi connectivity index (χ0) is 13.7. The summed E-state index contributed by atoms with van der Waals surface area (Å²) in [6.45, 7) is 5.22. The molecule has 0 amide bonds. The molecule has 0 aliphatic rings. The topological polar surface area (TPSA) is 42.7 Å². The van der Waals surface area contributed by atoms with E-state index < -0.39 is 0 Å². The van der Waals surface area contributed by atoms with Gasteiger partial charge in [0.2, 0.25) is 0 Å². The van der Waals surface area contributed by atoms with Crippen molar-refractivity contribution in [3.8, 4) is 0 Å². The van der Waals surface area contributed by atoms with Gasteiger partial charge in [-0.25, -0.2) is 0 Å². The molecule has 1 heterocycles. The molecule has 0 saturated carbocycles. The zero-order valence-corrected chi connectivity index (χ0v) is 11.9. The summed E-state index contributed by atoms with van der Waals surface area (Å²) >= 11 is 0. The molecule has 0 atom stereocenters. The average molecular weight is 258 g/mol. The van der Waals surface area contributed by atoms with E-state index in [2.05, 4.69) is 59.8 Å². The molecule has 2 aromatic rings. The minimum Gasteiger partial charge on any atom is -0.306 e. The van der Waals surface area contributed by atoms with Gasteiger partial charge in [-0.2, -0.15) is 0 Å². The summed E-state index contributed by atoms with van der Waals surface area (Å²) < 4.78 is 1.73. The Morgan fingerprint density at radius 1 is 1.21 bits per heavy atom. The van der Waals surface area contributed by atoms with Crippen LogP contribution >= 0.6 is 0 Å². The molecule has 0 spiro atoms. The van der Waals surface area contributed by atoms with Crippen LogP contribution in [0.4, 0.5) is 0 Å². The molecule has 4 heteroatoms. The van der Waals surface area contributed by atoms with Gasteiger partial charge in [-0.1, -0.05) is 35.5 Å². The van der Waals surface area contributed by atoms with Crippen molar-refractivity contribution >= 4 is 0 Å². The van der Waals surface area contributed by atoms with E-state index in [4.69, 9.17) is 0 Å². The number of nitrogens with zero attached hydrogens (tertiary/aromatic N) is 3. The molecule has 102 valence electrons. The van der Waals surface area contributed by atoms with E-state index in [1.54, 1.807) is 4.68 Å². The fourth-order valence-electron chi connectivity index (χ4n) is 2.00. The van der Waals surface area contributed by atoms with Crippen molar-refractivity contribution < 1.29 is 0 Å². The molecule has 0 radical (unpaired) electrons. The molecule has 1 N–H and O–H groups in total. The smallest absolute Gasteiger partial charge is 0.0964 e. The standard InChI is InChI=1S/C15H22N4/c1-15(2,10-9-13-7-5-4-6-8-13)16-11-14-12-19(3)18-17-14/h4-8,12,16H,9-11H2,1-3H3. The molecule has 0 aliphatic carbocycles. The number of nitrogens with one attached hydrogen (secondary N) is 1. The van der Waals surface area contributed by atoms with E-state index in [0.717, 1.165) is 25.1 Å². The molecule has 19 heavy (non-hydrogen) atoms. The lowest BCUT2D eigenvalue weighted by molar-refractivity contribution is 0.358. The van der Waals surface area contributed by atoms with E-state index in [1.807, 2.05) is 13.2 Å². The minimum atomic E-state index is 0.0906. The predicted molar refractivity (Wildman–Crippen MR) is 76.7 cm³/mol. The van der Waals surface area contributed by atoms with Crippen molar-refractivity contribution in [2.45, 2.75) is 38.8 Å². The molecule has 0 saturated heterocycles. The van der Waals surface area contributed by atoms with Crippen LogP contribution in [0.3, 0.4) is 0 Å². The Balaban J connectivity index is 1.81. The third kappa shape index (κ3) is 4.48. The van der Waals surface area contributed by atoms with Gasteiger partial charge < -0.3 is 5.32 Å². The van der Waals surface area contributed by atoms with Crippen molar-refractivity contribution in [3.05, 3.63) is 47.8 Å². The quantitative estimate of drug-likeness (QED) is 0.864. The first kappa shape index (κ1) is 13.7. The fraction of sp³-hybridized carbons (Fsp3) is 0.467. The van der Waals surface area contributed by atoms with Crippen molar-refractivity contribution in [1.82, 2.24) is 20.3 Å². The van der Waals surface area contributed by atoms with E-state index in [9.17, 15) is 0 Å². The second-order valence-corrected chi connectivity index (χ2v) is 5.61. The summed E-state index contributed by atoms with van der Waals surface area (Å²) in [4.78, 5) is 0. The maximum absolute atomic E-state index is 4.09. The molecule has 1 aromatic heterocycles. The molecule has 0 aliphatic heterocycles.